The van der Waals surface area contributed by atoms with Crippen LogP contribution in [0.25, 0.3) is 22.6 Å². The lowest BCUT2D eigenvalue weighted by Crippen LogP contribution is -2.48. The van der Waals surface area contributed by atoms with Crippen LogP contribution in [0.1, 0.15) is 44.5 Å². The average Bonchev–Trinajstić information content (AvgIpc) is 3.66. The molecule has 0 fully saturated rings. The minimum atomic E-state index is -1.17. The van der Waals surface area contributed by atoms with E-state index in [1.807, 2.05) is 6.07 Å². The number of carbonyl (C=O) groups is 4. The van der Waals surface area contributed by atoms with Gasteiger partial charge in [0.2, 0.25) is 17.7 Å². The molecule has 0 saturated carbocycles. The van der Waals surface area contributed by atoms with Crippen LogP contribution in [0.2, 0.25) is 5.02 Å². The van der Waals surface area contributed by atoms with Crippen molar-refractivity contribution in [2.24, 2.45) is 11.5 Å². The van der Waals surface area contributed by atoms with E-state index in [1.165, 1.54) is 45.7 Å². The summed E-state index contributed by atoms with van der Waals surface area (Å²) in [4.78, 5) is 58.3. The van der Waals surface area contributed by atoms with Crippen molar-refractivity contribution in [2.75, 3.05) is 18.9 Å². The van der Waals surface area contributed by atoms with Crippen molar-refractivity contribution in [2.45, 2.75) is 68.7 Å². The first kappa shape index (κ1) is 43.5. The van der Waals surface area contributed by atoms with E-state index in [4.69, 9.17) is 47.4 Å². The van der Waals surface area contributed by atoms with Crippen molar-refractivity contribution < 1.29 is 37.8 Å². The maximum absolute atomic E-state index is 12.9. The Morgan fingerprint density at radius 2 is 1.42 bits per heavy atom. The van der Waals surface area contributed by atoms with Crippen LogP contribution < -0.4 is 32.6 Å². The van der Waals surface area contributed by atoms with E-state index in [2.05, 4.69) is 26.7 Å². The largest absolute Gasteiger partial charge is 0.490 e. The van der Waals surface area contributed by atoms with Crippen molar-refractivity contribution in [1.29, 1.82) is 10.5 Å². The van der Waals surface area contributed by atoms with Gasteiger partial charge < -0.3 is 46.5 Å². The van der Waals surface area contributed by atoms with Crippen LogP contribution in [-0.4, -0.2) is 77.2 Å². The Labute approximate surface area is 337 Å². The molecule has 2 amide bonds. The molecule has 0 aliphatic carbocycles. The molecule has 5 atom stereocenters. The molecule has 8 N–H and O–H groups in total. The molecule has 19 heteroatoms. The highest BCUT2D eigenvalue weighted by molar-refractivity contribution is 7.98. The van der Waals surface area contributed by atoms with Gasteiger partial charge in [-0.3, -0.25) is 9.59 Å². The summed E-state index contributed by atoms with van der Waals surface area (Å²) in [5.41, 5.74) is 19.5. The summed E-state index contributed by atoms with van der Waals surface area (Å²) >= 11 is 7.18. The predicted octanol–water partition coefficient (Wildman–Crippen LogP) is 3.21. The number of ether oxygens (including phenoxy) is 3. The van der Waals surface area contributed by atoms with Crippen LogP contribution in [0, 0.1) is 22.7 Å². The Kier molecular flexibility index (Phi) is 15.4. The number of rotatable bonds is 17. The number of anilines is 1. The SMILES string of the molecule is CC(N)C(=O)NC(C)C(=O)OCC(COc1ccc(-c2c(C#N)c(N)nc(SCc3coc(-c4ccc(Cl)cc4)n3)c2C#N)cc1)OC(=O)C(C)NC(=O)C(C)N. The molecule has 0 aliphatic heterocycles. The molecule has 0 spiro atoms. The second-order valence-electron chi connectivity index (χ2n) is 12.7. The topological polar surface area (TPSA) is 285 Å². The molecular weight excluding hydrogens is 778 g/mol. The van der Waals surface area contributed by atoms with Crippen LogP contribution >= 0.6 is 23.4 Å². The third-order valence-corrected chi connectivity index (χ3v) is 9.20. The Morgan fingerprint density at radius 3 is 2.00 bits per heavy atom. The third kappa shape index (κ3) is 11.9. The molecule has 5 unspecified atom stereocenters. The highest BCUT2D eigenvalue weighted by atomic mass is 35.5. The number of amides is 2. The number of halogens is 1. The maximum Gasteiger partial charge on any atom is 0.328 e. The smallest absolute Gasteiger partial charge is 0.328 e. The zero-order chi connectivity index (χ0) is 41.8. The number of esters is 2. The number of carbonyl (C=O) groups excluding carboxylic acids is 4. The van der Waals surface area contributed by atoms with E-state index in [0.29, 0.717) is 22.2 Å². The number of nitriles is 2. The number of aromatic nitrogens is 2. The second kappa shape index (κ2) is 20.1. The fourth-order valence-electron chi connectivity index (χ4n) is 4.83. The van der Waals surface area contributed by atoms with Crippen LogP contribution in [-0.2, 0) is 34.4 Å². The first-order valence-electron chi connectivity index (χ1n) is 17.3. The first-order valence-corrected chi connectivity index (χ1v) is 18.7. The van der Waals surface area contributed by atoms with Crippen LogP contribution in [0.15, 0.2) is 64.2 Å². The average molecular weight is 818 g/mol. The Bertz CT molecular complexity index is 2170. The summed E-state index contributed by atoms with van der Waals surface area (Å²) in [6.45, 7) is 4.90. The third-order valence-electron chi connectivity index (χ3n) is 7.94. The molecule has 57 heavy (non-hydrogen) atoms. The zero-order valence-electron chi connectivity index (χ0n) is 31.3. The fraction of sp³-hybridized carbons (Fsp3) is 0.316. The van der Waals surface area contributed by atoms with Gasteiger partial charge in [0, 0.05) is 21.9 Å². The lowest BCUT2D eigenvalue weighted by Gasteiger charge is -2.22. The summed E-state index contributed by atoms with van der Waals surface area (Å²) in [7, 11) is 0. The lowest BCUT2D eigenvalue weighted by atomic mass is 9.97. The minimum Gasteiger partial charge on any atom is -0.490 e. The van der Waals surface area contributed by atoms with Crippen molar-refractivity contribution in [3.8, 4) is 40.5 Å². The van der Waals surface area contributed by atoms with Gasteiger partial charge in [-0.2, -0.15) is 10.5 Å². The number of hydrogen-bond donors (Lipinski definition) is 5. The summed E-state index contributed by atoms with van der Waals surface area (Å²) in [6, 6.07) is 13.6. The Hall–Kier alpha value is -6.18. The van der Waals surface area contributed by atoms with Crippen LogP contribution in [0.5, 0.6) is 5.75 Å². The van der Waals surface area contributed by atoms with Gasteiger partial charge >= 0.3 is 11.9 Å². The number of thioether (sulfide) groups is 1. The van der Waals surface area contributed by atoms with Gasteiger partial charge in [-0.05, 0) is 69.7 Å². The second-order valence-corrected chi connectivity index (χ2v) is 14.1. The molecule has 0 bridgehead atoms. The highest BCUT2D eigenvalue weighted by Crippen LogP contribution is 2.37. The predicted molar refractivity (Wildman–Crippen MR) is 209 cm³/mol. The van der Waals surface area contributed by atoms with E-state index >= 15 is 0 Å². The van der Waals surface area contributed by atoms with Gasteiger partial charge in [0.05, 0.1) is 23.3 Å². The molecule has 2 aromatic carbocycles. The molecule has 0 radical (unpaired) electrons. The first-order chi connectivity index (χ1) is 27.1. The maximum atomic E-state index is 12.9. The summed E-state index contributed by atoms with van der Waals surface area (Å²) in [5.74, 6) is -1.98. The van der Waals surface area contributed by atoms with E-state index in [9.17, 15) is 29.7 Å². The van der Waals surface area contributed by atoms with Gasteiger partial charge in [-0.1, -0.05) is 35.5 Å². The number of oxazole rings is 1. The zero-order valence-corrected chi connectivity index (χ0v) is 32.8. The van der Waals surface area contributed by atoms with E-state index in [0.717, 1.165) is 5.56 Å². The summed E-state index contributed by atoms with van der Waals surface area (Å²) < 4.78 is 22.3. The molecule has 0 saturated heterocycles. The standard InChI is InChI=1S/C38H40ClN9O8S/c1-19(42)33(49)45-21(3)37(51)55-17-28(56-38(52)22(4)46-34(50)20(2)43)16-53-27-11-7-23(8-12-27)31-29(13-40)32(44)48-36(30(31)14-41)57-18-26-15-54-35(47-26)24-5-9-25(39)10-6-24/h5-12,15,19-22,28H,16-18,42-43H2,1-4H3,(H2,44,48)(H,45,49)(H,46,50). The minimum absolute atomic E-state index is 0.00130. The monoisotopic (exact) mass is 817 g/mol. The quantitative estimate of drug-likeness (QED) is 0.0755. The van der Waals surface area contributed by atoms with Crippen molar-refractivity contribution >= 4 is 52.9 Å². The van der Waals surface area contributed by atoms with Gasteiger partial charge in [-0.15, -0.1) is 0 Å². The van der Waals surface area contributed by atoms with Crippen molar-refractivity contribution in [3.63, 3.8) is 0 Å². The molecule has 4 aromatic rings. The van der Waals surface area contributed by atoms with Crippen LogP contribution in [0.3, 0.4) is 0 Å². The molecule has 17 nitrogen and oxygen atoms in total. The van der Waals surface area contributed by atoms with Gasteiger partial charge in [0.1, 0.15) is 65.9 Å². The van der Waals surface area contributed by atoms with Gasteiger partial charge in [-0.25, -0.2) is 19.6 Å². The molecule has 298 valence electrons. The van der Waals surface area contributed by atoms with Gasteiger partial charge in [0.25, 0.3) is 0 Å². The molecule has 2 aromatic heterocycles. The van der Waals surface area contributed by atoms with Crippen molar-refractivity contribution in [1.82, 2.24) is 20.6 Å². The van der Waals surface area contributed by atoms with Gasteiger partial charge in [0.15, 0.2) is 6.10 Å². The number of nitrogen functional groups attached to an aromatic ring is 1. The molecular formula is C38H40ClN9O8S. The number of hydrogen-bond acceptors (Lipinski definition) is 16. The number of nitrogens with one attached hydrogen (secondary N) is 2. The number of pyridine rings is 1. The lowest BCUT2D eigenvalue weighted by molar-refractivity contribution is -0.163. The number of benzene rings is 2. The molecule has 2 heterocycles. The number of nitrogens with zero attached hydrogens (tertiary/aromatic N) is 4. The summed E-state index contributed by atoms with van der Waals surface area (Å²) in [5, 5.41) is 26.0. The van der Waals surface area contributed by atoms with E-state index in [1.54, 1.807) is 48.5 Å². The number of nitrogens with two attached hydrogens (primary N) is 3. The normalized spacial score (nSPS) is 13.4. The molecule has 0 aliphatic rings. The highest BCUT2D eigenvalue weighted by Gasteiger charge is 2.27. The van der Waals surface area contributed by atoms with Crippen LogP contribution in [0.4, 0.5) is 5.82 Å². The fourth-order valence-corrected chi connectivity index (χ4v) is 5.83. The van der Waals surface area contributed by atoms with Crippen molar-refractivity contribution in [3.05, 3.63) is 76.6 Å². The summed E-state index contributed by atoms with van der Waals surface area (Å²) in [6.07, 6.45) is 0.323. The Morgan fingerprint density at radius 1 is 0.842 bits per heavy atom. The van der Waals surface area contributed by atoms with E-state index in [-0.39, 0.29) is 45.6 Å². The van der Waals surface area contributed by atoms with E-state index < -0.39 is 60.6 Å². The Balaban J connectivity index is 1.50. The molecule has 4 rings (SSSR count).